The van der Waals surface area contributed by atoms with Crippen LogP contribution in [0.4, 0.5) is 0 Å². The van der Waals surface area contributed by atoms with Gasteiger partial charge in [0.15, 0.2) is 0 Å². The first-order chi connectivity index (χ1) is 16.1. The number of rotatable bonds is 8. The predicted molar refractivity (Wildman–Crippen MR) is 130 cm³/mol. The minimum atomic E-state index is 0.614. The molecule has 0 aliphatic rings. The van der Waals surface area contributed by atoms with Gasteiger partial charge in [-0.05, 0) is 42.8 Å². The molecule has 0 amide bonds. The van der Waals surface area contributed by atoms with Gasteiger partial charge in [0.2, 0.25) is 0 Å². The van der Waals surface area contributed by atoms with Crippen molar-refractivity contribution in [1.29, 1.82) is 0 Å². The van der Waals surface area contributed by atoms with Crippen LogP contribution in [0.25, 0.3) is 22.5 Å². The lowest BCUT2D eigenvalue weighted by molar-refractivity contribution is 0.395. The van der Waals surface area contributed by atoms with E-state index in [1.165, 1.54) is 5.56 Å². The van der Waals surface area contributed by atoms with E-state index in [2.05, 4.69) is 37.3 Å². The third-order valence-corrected chi connectivity index (χ3v) is 5.60. The molecule has 0 N–H and O–H groups in total. The summed E-state index contributed by atoms with van der Waals surface area (Å²) in [5, 5.41) is 4.97. The van der Waals surface area contributed by atoms with Gasteiger partial charge < -0.3 is 18.9 Å². The topological polar surface area (TPSA) is 54.7 Å². The Morgan fingerprint density at radius 1 is 0.667 bits per heavy atom. The first-order valence-corrected chi connectivity index (χ1v) is 10.6. The largest absolute Gasteiger partial charge is 0.497 e. The van der Waals surface area contributed by atoms with Crippen molar-refractivity contribution in [1.82, 2.24) is 9.78 Å². The molecule has 0 radical (unpaired) electrons. The quantitative estimate of drug-likeness (QED) is 0.354. The Balaban J connectivity index is 1.86. The second-order valence-electron chi connectivity index (χ2n) is 7.69. The van der Waals surface area contributed by atoms with E-state index >= 15 is 0 Å². The predicted octanol–water partition coefficient (Wildman–Crippen LogP) is 5.61. The minimum absolute atomic E-state index is 0.614. The summed E-state index contributed by atoms with van der Waals surface area (Å²) in [5.41, 5.74) is 5.93. The normalized spacial score (nSPS) is 10.7. The Labute approximate surface area is 194 Å². The smallest absolute Gasteiger partial charge is 0.132 e. The van der Waals surface area contributed by atoms with Crippen LogP contribution in [-0.2, 0) is 6.54 Å². The van der Waals surface area contributed by atoms with Gasteiger partial charge >= 0.3 is 0 Å². The molecule has 33 heavy (non-hydrogen) atoms. The molecule has 6 heteroatoms. The lowest BCUT2D eigenvalue weighted by Crippen LogP contribution is -2.05. The van der Waals surface area contributed by atoms with Crippen molar-refractivity contribution < 1.29 is 18.9 Å². The maximum Gasteiger partial charge on any atom is 0.132 e. The zero-order valence-corrected chi connectivity index (χ0v) is 19.6. The fourth-order valence-corrected chi connectivity index (χ4v) is 3.77. The molecule has 4 rings (SSSR count). The molecular formula is C27H28N2O4. The van der Waals surface area contributed by atoms with E-state index in [4.69, 9.17) is 24.0 Å². The second kappa shape index (κ2) is 9.69. The van der Waals surface area contributed by atoms with Crippen molar-refractivity contribution in [2.75, 3.05) is 28.4 Å². The van der Waals surface area contributed by atoms with Crippen molar-refractivity contribution in [3.63, 3.8) is 0 Å². The maximum absolute atomic E-state index is 5.69. The highest BCUT2D eigenvalue weighted by atomic mass is 16.5. The van der Waals surface area contributed by atoms with Crippen molar-refractivity contribution in [2.45, 2.75) is 13.5 Å². The number of aryl methyl sites for hydroxylation is 1. The summed E-state index contributed by atoms with van der Waals surface area (Å²) in [6, 6.07) is 22.1. The Bertz CT molecular complexity index is 1250. The average Bonchev–Trinajstić information content (AvgIpc) is 3.27. The fraction of sp³-hybridized carbons (Fsp3) is 0.222. The monoisotopic (exact) mass is 444 g/mol. The van der Waals surface area contributed by atoms with Gasteiger partial charge in [-0.25, -0.2) is 0 Å². The van der Waals surface area contributed by atoms with E-state index in [1.807, 2.05) is 41.1 Å². The molecule has 0 spiro atoms. The maximum atomic E-state index is 5.69. The molecule has 0 saturated carbocycles. The van der Waals surface area contributed by atoms with E-state index in [-0.39, 0.29) is 0 Å². The van der Waals surface area contributed by atoms with E-state index < -0.39 is 0 Å². The van der Waals surface area contributed by atoms with E-state index in [9.17, 15) is 0 Å². The van der Waals surface area contributed by atoms with E-state index in [0.29, 0.717) is 18.0 Å². The summed E-state index contributed by atoms with van der Waals surface area (Å²) in [7, 11) is 6.59. The highest BCUT2D eigenvalue weighted by Gasteiger charge is 2.18. The van der Waals surface area contributed by atoms with Gasteiger partial charge in [0.1, 0.15) is 23.0 Å². The van der Waals surface area contributed by atoms with E-state index in [0.717, 1.165) is 39.6 Å². The van der Waals surface area contributed by atoms with Crippen molar-refractivity contribution in [3.8, 4) is 45.5 Å². The van der Waals surface area contributed by atoms with Crippen molar-refractivity contribution >= 4 is 0 Å². The zero-order valence-electron chi connectivity index (χ0n) is 19.6. The number of aromatic nitrogens is 2. The SMILES string of the molecule is COc1ccc(-c2cc(-c3ccc(OC)cc3OC)n(Cc3ccc(C)cc3)n2)c(OC)c1. The summed E-state index contributed by atoms with van der Waals surface area (Å²) in [6.45, 7) is 2.70. The standard InChI is InChI=1S/C27H28N2O4/c1-18-6-8-19(9-7-18)17-29-25(23-13-11-21(31-3)15-27(23)33-5)16-24(28-29)22-12-10-20(30-2)14-26(22)32-4/h6-16H,17H2,1-5H3. The Morgan fingerprint density at radius 2 is 1.24 bits per heavy atom. The van der Waals surface area contributed by atoms with Crippen LogP contribution in [-0.4, -0.2) is 38.2 Å². The fourth-order valence-electron chi connectivity index (χ4n) is 3.77. The summed E-state index contributed by atoms with van der Waals surface area (Å²) in [5.74, 6) is 2.87. The zero-order chi connectivity index (χ0) is 23.4. The third-order valence-electron chi connectivity index (χ3n) is 5.60. The molecule has 0 aliphatic heterocycles. The number of methoxy groups -OCH3 is 4. The molecule has 4 aromatic rings. The summed E-state index contributed by atoms with van der Waals surface area (Å²) >= 11 is 0. The molecule has 6 nitrogen and oxygen atoms in total. The van der Waals surface area contributed by atoms with Crippen LogP contribution in [0.15, 0.2) is 66.7 Å². The number of benzene rings is 3. The Morgan fingerprint density at radius 3 is 1.82 bits per heavy atom. The molecule has 0 aliphatic carbocycles. The van der Waals surface area contributed by atoms with Gasteiger partial charge in [-0.15, -0.1) is 0 Å². The highest BCUT2D eigenvalue weighted by molar-refractivity contribution is 5.76. The number of nitrogens with zero attached hydrogens (tertiary/aromatic N) is 2. The van der Waals surface area contributed by atoms with E-state index in [1.54, 1.807) is 28.4 Å². The first kappa shape index (κ1) is 22.3. The van der Waals surface area contributed by atoms with Gasteiger partial charge in [-0.1, -0.05) is 29.8 Å². The molecule has 0 bridgehead atoms. The van der Waals surface area contributed by atoms with Crippen molar-refractivity contribution in [3.05, 3.63) is 77.9 Å². The van der Waals surface area contributed by atoms with Crippen LogP contribution in [0.1, 0.15) is 11.1 Å². The van der Waals surface area contributed by atoms with Crippen LogP contribution in [0, 0.1) is 6.92 Å². The summed E-state index contributed by atoms with van der Waals surface area (Å²) in [6.07, 6.45) is 0. The molecule has 1 aromatic heterocycles. The van der Waals surface area contributed by atoms with Crippen LogP contribution in [0.3, 0.4) is 0 Å². The second-order valence-corrected chi connectivity index (χ2v) is 7.69. The molecule has 0 fully saturated rings. The van der Waals surface area contributed by atoms with Gasteiger partial charge in [-0.2, -0.15) is 5.10 Å². The first-order valence-electron chi connectivity index (χ1n) is 10.6. The number of hydrogen-bond acceptors (Lipinski definition) is 5. The molecule has 0 saturated heterocycles. The van der Waals surface area contributed by atoms with Crippen LogP contribution in [0.5, 0.6) is 23.0 Å². The molecule has 1 heterocycles. The molecule has 170 valence electrons. The molecule has 0 atom stereocenters. The van der Waals surface area contributed by atoms with Gasteiger partial charge in [0.05, 0.1) is 46.4 Å². The lowest BCUT2D eigenvalue weighted by atomic mass is 10.1. The van der Waals surface area contributed by atoms with Crippen LogP contribution >= 0.6 is 0 Å². The van der Waals surface area contributed by atoms with Gasteiger partial charge in [0.25, 0.3) is 0 Å². The lowest BCUT2D eigenvalue weighted by Gasteiger charge is -2.12. The molecule has 3 aromatic carbocycles. The number of ether oxygens (including phenoxy) is 4. The summed E-state index contributed by atoms with van der Waals surface area (Å²) in [4.78, 5) is 0. The number of hydrogen-bond donors (Lipinski definition) is 0. The average molecular weight is 445 g/mol. The van der Waals surface area contributed by atoms with Gasteiger partial charge in [-0.3, -0.25) is 4.68 Å². The molecule has 0 unspecified atom stereocenters. The Kier molecular flexibility index (Phi) is 6.54. The minimum Gasteiger partial charge on any atom is -0.497 e. The highest BCUT2D eigenvalue weighted by Crippen LogP contribution is 2.38. The Hall–Kier alpha value is -3.93. The molecular weight excluding hydrogens is 416 g/mol. The van der Waals surface area contributed by atoms with Crippen molar-refractivity contribution in [2.24, 2.45) is 0 Å². The van der Waals surface area contributed by atoms with Crippen LogP contribution in [0.2, 0.25) is 0 Å². The third kappa shape index (κ3) is 4.65. The van der Waals surface area contributed by atoms with Gasteiger partial charge in [0, 0.05) is 23.3 Å². The summed E-state index contributed by atoms with van der Waals surface area (Å²) < 4.78 is 24.1. The van der Waals surface area contributed by atoms with Crippen LogP contribution < -0.4 is 18.9 Å².